The third kappa shape index (κ3) is 5.60. The molecule has 2 aromatic rings. The summed E-state index contributed by atoms with van der Waals surface area (Å²) >= 11 is 13.9. The summed E-state index contributed by atoms with van der Waals surface area (Å²) in [6.07, 6.45) is 3.36. The van der Waals surface area contributed by atoms with Gasteiger partial charge < -0.3 is 10.1 Å². The summed E-state index contributed by atoms with van der Waals surface area (Å²) in [5.41, 5.74) is 1.16. The molecule has 1 heterocycles. The standard InChI is InChI=1S/C20H13Br2ClN2O3S/c1-2-7-28-17-14(21)8-11(9-15(17)22)10-16-19(27)25-20(29-16)24-18(26)12-3-5-13(23)6-4-12/h2-6,8-10H,1,7H2,(H,24,25,26,27)/b16-10-. The Morgan fingerprint density at radius 3 is 2.52 bits per heavy atom. The van der Waals surface area contributed by atoms with E-state index in [1.54, 1.807) is 36.4 Å². The van der Waals surface area contributed by atoms with E-state index in [9.17, 15) is 9.59 Å². The minimum atomic E-state index is -0.458. The lowest BCUT2D eigenvalue weighted by Gasteiger charge is -2.09. The van der Waals surface area contributed by atoms with Crippen molar-refractivity contribution in [3.05, 3.63) is 79.1 Å². The average molecular weight is 557 g/mol. The molecule has 1 aliphatic rings. The molecule has 1 aliphatic heterocycles. The van der Waals surface area contributed by atoms with Crippen LogP contribution in [0, 0.1) is 0 Å². The number of rotatable bonds is 5. The van der Waals surface area contributed by atoms with Crippen molar-refractivity contribution in [3.63, 3.8) is 0 Å². The smallest absolute Gasteiger partial charge is 0.279 e. The molecule has 0 bridgehead atoms. The number of halogens is 3. The molecule has 0 saturated carbocycles. The van der Waals surface area contributed by atoms with Crippen LogP contribution >= 0.6 is 55.2 Å². The zero-order chi connectivity index (χ0) is 21.0. The van der Waals surface area contributed by atoms with Crippen LogP contribution in [0.4, 0.5) is 0 Å². The van der Waals surface area contributed by atoms with Crippen LogP contribution in [0.2, 0.25) is 5.02 Å². The topological polar surface area (TPSA) is 67.8 Å². The normalized spacial score (nSPS) is 16.2. The molecule has 0 aliphatic carbocycles. The van der Waals surface area contributed by atoms with Crippen LogP contribution in [-0.2, 0) is 4.79 Å². The maximum absolute atomic E-state index is 12.3. The Kier molecular flexibility index (Phi) is 7.34. The van der Waals surface area contributed by atoms with E-state index in [1.165, 1.54) is 0 Å². The molecule has 0 atom stereocenters. The van der Waals surface area contributed by atoms with Crippen molar-refractivity contribution < 1.29 is 14.3 Å². The molecular formula is C20H13Br2ClN2O3S. The van der Waals surface area contributed by atoms with Gasteiger partial charge in [0, 0.05) is 10.6 Å². The van der Waals surface area contributed by atoms with Gasteiger partial charge in [-0.3, -0.25) is 9.59 Å². The van der Waals surface area contributed by atoms with Gasteiger partial charge in [0.15, 0.2) is 5.17 Å². The summed E-state index contributed by atoms with van der Waals surface area (Å²) in [6, 6.07) is 10.0. The monoisotopic (exact) mass is 554 g/mol. The molecule has 29 heavy (non-hydrogen) atoms. The fourth-order valence-corrected chi connectivity index (χ4v) is 4.72. The number of nitrogens with one attached hydrogen (secondary N) is 1. The number of hydrogen-bond donors (Lipinski definition) is 1. The van der Waals surface area contributed by atoms with Crippen LogP contribution in [0.15, 0.2) is 67.9 Å². The molecule has 1 fully saturated rings. The fourth-order valence-electron chi connectivity index (χ4n) is 2.32. The highest BCUT2D eigenvalue weighted by Gasteiger charge is 2.25. The van der Waals surface area contributed by atoms with Crippen molar-refractivity contribution in [2.45, 2.75) is 0 Å². The number of carbonyl (C=O) groups is 2. The number of thioether (sulfide) groups is 1. The predicted molar refractivity (Wildman–Crippen MR) is 124 cm³/mol. The Labute approximate surface area is 193 Å². The van der Waals surface area contributed by atoms with Gasteiger partial charge in [-0.25, -0.2) is 0 Å². The molecule has 5 nitrogen and oxygen atoms in total. The molecule has 0 unspecified atom stereocenters. The number of ether oxygens (including phenoxy) is 1. The van der Waals surface area contributed by atoms with Crippen molar-refractivity contribution in [1.82, 2.24) is 5.32 Å². The molecule has 1 N–H and O–H groups in total. The van der Waals surface area contributed by atoms with Crippen molar-refractivity contribution in [2.24, 2.45) is 4.99 Å². The highest BCUT2D eigenvalue weighted by atomic mass is 79.9. The summed E-state index contributed by atoms with van der Waals surface area (Å²) in [7, 11) is 0. The first-order valence-corrected chi connectivity index (χ1v) is 11.0. The van der Waals surface area contributed by atoms with Gasteiger partial charge in [-0.2, -0.15) is 4.99 Å². The van der Waals surface area contributed by atoms with Crippen molar-refractivity contribution >= 4 is 78.3 Å². The van der Waals surface area contributed by atoms with Gasteiger partial charge in [0.05, 0.1) is 13.9 Å². The molecule has 0 aromatic heterocycles. The van der Waals surface area contributed by atoms with E-state index in [-0.39, 0.29) is 11.1 Å². The third-order valence-corrected chi connectivity index (χ3v) is 5.95. The van der Waals surface area contributed by atoms with E-state index in [1.807, 2.05) is 12.1 Å². The lowest BCUT2D eigenvalue weighted by molar-refractivity contribution is -0.115. The van der Waals surface area contributed by atoms with Crippen molar-refractivity contribution in [2.75, 3.05) is 6.61 Å². The largest absolute Gasteiger partial charge is 0.487 e. The Bertz CT molecular complexity index is 1030. The van der Waals surface area contributed by atoms with E-state index >= 15 is 0 Å². The Balaban J connectivity index is 1.79. The molecule has 0 spiro atoms. The van der Waals surface area contributed by atoms with E-state index in [0.29, 0.717) is 27.8 Å². The molecule has 1 saturated heterocycles. The first-order valence-electron chi connectivity index (χ1n) is 8.19. The first kappa shape index (κ1) is 21.8. The highest BCUT2D eigenvalue weighted by Crippen LogP contribution is 2.36. The van der Waals surface area contributed by atoms with Gasteiger partial charge in [-0.15, -0.1) is 0 Å². The zero-order valence-corrected chi connectivity index (χ0v) is 19.5. The number of nitrogens with zero attached hydrogens (tertiary/aromatic N) is 1. The fraction of sp³-hybridized carbons (Fsp3) is 0.0500. The lowest BCUT2D eigenvalue weighted by Crippen LogP contribution is -2.20. The molecule has 2 aromatic carbocycles. The second kappa shape index (κ2) is 9.75. The van der Waals surface area contributed by atoms with Crippen LogP contribution in [-0.4, -0.2) is 23.6 Å². The Hall–Kier alpha value is -1.87. The van der Waals surface area contributed by atoms with Crippen LogP contribution < -0.4 is 10.1 Å². The quantitative estimate of drug-likeness (QED) is 0.372. The Morgan fingerprint density at radius 2 is 1.90 bits per heavy atom. The molecular weight excluding hydrogens is 544 g/mol. The van der Waals surface area contributed by atoms with Crippen molar-refractivity contribution in [3.8, 4) is 5.75 Å². The van der Waals surface area contributed by atoms with Gasteiger partial charge in [0.1, 0.15) is 12.4 Å². The molecule has 2 amide bonds. The number of amides is 2. The maximum Gasteiger partial charge on any atom is 0.279 e. The zero-order valence-electron chi connectivity index (χ0n) is 14.7. The van der Waals surface area contributed by atoms with Gasteiger partial charge in [-0.1, -0.05) is 24.3 Å². The minimum absolute atomic E-state index is 0.227. The second-order valence-electron chi connectivity index (χ2n) is 5.71. The molecule has 148 valence electrons. The third-order valence-electron chi connectivity index (χ3n) is 3.61. The summed E-state index contributed by atoms with van der Waals surface area (Å²) in [4.78, 5) is 28.9. The van der Waals surface area contributed by atoms with E-state index < -0.39 is 5.91 Å². The second-order valence-corrected chi connectivity index (χ2v) is 8.88. The summed E-state index contributed by atoms with van der Waals surface area (Å²) in [5, 5.41) is 3.36. The van der Waals surface area contributed by atoms with Gasteiger partial charge in [0.2, 0.25) is 0 Å². The number of amidine groups is 1. The Morgan fingerprint density at radius 1 is 1.24 bits per heavy atom. The first-order chi connectivity index (χ1) is 13.9. The van der Waals surface area contributed by atoms with Crippen molar-refractivity contribution in [1.29, 1.82) is 0 Å². The summed E-state index contributed by atoms with van der Waals surface area (Å²) in [6.45, 7) is 4.00. The average Bonchev–Trinajstić information content (AvgIpc) is 3.00. The summed E-state index contributed by atoms with van der Waals surface area (Å²) < 4.78 is 7.06. The maximum atomic E-state index is 12.3. The van der Waals surface area contributed by atoms with Gasteiger partial charge >= 0.3 is 0 Å². The highest BCUT2D eigenvalue weighted by molar-refractivity contribution is 9.11. The minimum Gasteiger partial charge on any atom is -0.487 e. The van der Waals surface area contributed by atoms with E-state index in [4.69, 9.17) is 16.3 Å². The number of benzene rings is 2. The van der Waals surface area contributed by atoms with Crippen LogP contribution in [0.5, 0.6) is 5.75 Å². The van der Waals surface area contributed by atoms with E-state index in [0.717, 1.165) is 26.3 Å². The molecule has 0 radical (unpaired) electrons. The van der Waals surface area contributed by atoms with Crippen LogP contribution in [0.25, 0.3) is 6.08 Å². The molecule has 9 heteroatoms. The molecule has 3 rings (SSSR count). The number of aliphatic imine (C=N–C) groups is 1. The number of hydrogen-bond acceptors (Lipinski definition) is 4. The predicted octanol–water partition coefficient (Wildman–Crippen LogP) is 5.83. The summed E-state index contributed by atoms with van der Waals surface area (Å²) in [5.74, 6) is -0.136. The van der Waals surface area contributed by atoms with Crippen LogP contribution in [0.1, 0.15) is 15.9 Å². The van der Waals surface area contributed by atoms with Crippen LogP contribution in [0.3, 0.4) is 0 Å². The lowest BCUT2D eigenvalue weighted by atomic mass is 10.2. The SMILES string of the molecule is C=CCOc1c(Br)cc(/C=C2\SC(=NC(=O)c3ccc(Cl)cc3)NC2=O)cc1Br. The van der Waals surface area contributed by atoms with Gasteiger partial charge in [0.25, 0.3) is 11.8 Å². The van der Waals surface area contributed by atoms with Gasteiger partial charge in [-0.05, 0) is 91.7 Å². The van der Waals surface area contributed by atoms with E-state index in [2.05, 4.69) is 48.7 Å². The number of carbonyl (C=O) groups excluding carboxylic acids is 2.